The number of benzene rings is 1. The summed E-state index contributed by atoms with van der Waals surface area (Å²) in [6.45, 7) is 4.11. The van der Waals surface area contributed by atoms with Crippen LogP contribution in [0.4, 0.5) is 5.69 Å². The minimum atomic E-state index is 0.165. The number of nitrogens with one attached hydrogen (secondary N) is 1. The van der Waals surface area contributed by atoms with Crippen molar-refractivity contribution in [2.45, 2.75) is 19.9 Å². The van der Waals surface area contributed by atoms with E-state index in [1.54, 1.807) is 23.5 Å². The second kappa shape index (κ2) is 5.16. The van der Waals surface area contributed by atoms with Crippen LogP contribution in [0, 0.1) is 6.92 Å². The molecule has 0 bridgehead atoms. The quantitative estimate of drug-likeness (QED) is 0.788. The van der Waals surface area contributed by atoms with Crippen molar-refractivity contribution in [2.24, 2.45) is 0 Å². The Hall–Kier alpha value is -2.63. The van der Waals surface area contributed by atoms with E-state index in [1.165, 1.54) is 0 Å². The van der Waals surface area contributed by atoms with Crippen LogP contribution >= 0.6 is 0 Å². The lowest BCUT2D eigenvalue weighted by Gasteiger charge is -2.15. The fourth-order valence-electron chi connectivity index (χ4n) is 2.07. The van der Waals surface area contributed by atoms with Crippen LogP contribution in [-0.4, -0.2) is 20.2 Å². The van der Waals surface area contributed by atoms with Crippen LogP contribution in [0.25, 0.3) is 5.69 Å². The molecule has 0 fully saturated rings. The van der Waals surface area contributed by atoms with Crippen LogP contribution in [0.15, 0.2) is 47.5 Å². The average molecular weight is 269 g/mol. The summed E-state index contributed by atoms with van der Waals surface area (Å²) in [6.07, 6.45) is 5.01. The van der Waals surface area contributed by atoms with Gasteiger partial charge >= 0.3 is 0 Å². The van der Waals surface area contributed by atoms with Gasteiger partial charge in [-0.1, -0.05) is 6.07 Å². The maximum Gasteiger partial charge on any atom is 0.143 e. The van der Waals surface area contributed by atoms with Crippen molar-refractivity contribution < 1.29 is 4.42 Å². The first-order chi connectivity index (χ1) is 9.74. The van der Waals surface area contributed by atoms with Crippen LogP contribution in [0.1, 0.15) is 24.1 Å². The van der Waals surface area contributed by atoms with Gasteiger partial charge in [0.15, 0.2) is 0 Å². The Morgan fingerprint density at radius 1 is 1.30 bits per heavy atom. The lowest BCUT2D eigenvalue weighted by Crippen LogP contribution is -2.07. The molecule has 3 aromatic rings. The Bertz CT molecular complexity index is 676. The smallest absolute Gasteiger partial charge is 0.143 e. The summed E-state index contributed by atoms with van der Waals surface area (Å²) >= 11 is 0. The molecule has 0 aliphatic rings. The molecule has 102 valence electrons. The molecule has 6 heteroatoms. The maximum absolute atomic E-state index is 5.10. The van der Waals surface area contributed by atoms with Gasteiger partial charge in [-0.15, -0.1) is 5.10 Å². The molecule has 20 heavy (non-hydrogen) atoms. The zero-order valence-corrected chi connectivity index (χ0v) is 11.3. The van der Waals surface area contributed by atoms with Crippen molar-refractivity contribution in [3.63, 3.8) is 0 Å². The highest BCUT2D eigenvalue weighted by Crippen LogP contribution is 2.23. The molecule has 2 heterocycles. The normalized spacial score (nSPS) is 12.3. The predicted octanol–water partition coefficient (Wildman–Crippen LogP) is 2.74. The molecule has 0 spiro atoms. The molecule has 0 saturated carbocycles. The molecule has 0 aliphatic heterocycles. The molecule has 6 nitrogen and oxygen atoms in total. The van der Waals surface area contributed by atoms with Crippen molar-refractivity contribution in [3.05, 3.63) is 54.2 Å². The molecule has 1 atom stereocenters. The Morgan fingerprint density at radius 2 is 2.20 bits per heavy atom. The number of nitrogens with zero attached hydrogens (tertiary/aromatic N) is 4. The van der Waals surface area contributed by atoms with E-state index in [-0.39, 0.29) is 6.04 Å². The molecule has 3 rings (SSSR count). The van der Waals surface area contributed by atoms with Crippen molar-refractivity contribution in [3.8, 4) is 5.69 Å². The maximum atomic E-state index is 5.10. The van der Waals surface area contributed by atoms with E-state index in [0.717, 1.165) is 22.5 Å². The molecule has 1 unspecified atom stereocenters. The van der Waals surface area contributed by atoms with Gasteiger partial charge in [-0.25, -0.2) is 4.68 Å². The van der Waals surface area contributed by atoms with Crippen LogP contribution in [0.3, 0.4) is 0 Å². The molecular formula is C14H15N5O. The van der Waals surface area contributed by atoms with Crippen LogP contribution < -0.4 is 5.32 Å². The Kier molecular flexibility index (Phi) is 3.20. The molecular weight excluding hydrogens is 254 g/mol. The van der Waals surface area contributed by atoms with Crippen LogP contribution in [0.5, 0.6) is 0 Å². The van der Waals surface area contributed by atoms with E-state index in [2.05, 4.69) is 27.8 Å². The van der Waals surface area contributed by atoms with Crippen molar-refractivity contribution in [2.75, 3.05) is 5.32 Å². The lowest BCUT2D eigenvalue weighted by atomic mass is 10.1. The summed E-state index contributed by atoms with van der Waals surface area (Å²) in [5, 5.41) is 14.7. The Morgan fingerprint density at radius 3 is 2.90 bits per heavy atom. The lowest BCUT2D eigenvalue weighted by molar-refractivity contribution is 0.562. The monoisotopic (exact) mass is 269 g/mol. The molecule has 0 amide bonds. The van der Waals surface area contributed by atoms with E-state index in [1.807, 2.05) is 31.2 Å². The second-order valence-corrected chi connectivity index (χ2v) is 4.68. The molecule has 1 N–H and O–H groups in total. The number of rotatable bonds is 4. The van der Waals surface area contributed by atoms with Gasteiger partial charge < -0.3 is 9.73 Å². The van der Waals surface area contributed by atoms with Gasteiger partial charge in [-0.3, -0.25) is 0 Å². The number of furan rings is 1. The highest BCUT2D eigenvalue weighted by atomic mass is 16.3. The second-order valence-electron chi connectivity index (χ2n) is 4.68. The van der Waals surface area contributed by atoms with Gasteiger partial charge in [0.2, 0.25) is 0 Å². The highest BCUT2D eigenvalue weighted by molar-refractivity contribution is 5.55. The SMILES string of the molecule is Cc1ccc(NC(C)c2ccoc2)cc1-n1cnnn1. The Balaban J connectivity index is 1.86. The van der Waals surface area contributed by atoms with Crippen LogP contribution in [0.2, 0.25) is 0 Å². The van der Waals surface area contributed by atoms with Gasteiger partial charge in [-0.2, -0.15) is 0 Å². The number of hydrogen-bond acceptors (Lipinski definition) is 5. The molecule has 0 radical (unpaired) electrons. The van der Waals surface area contributed by atoms with Crippen molar-refractivity contribution in [1.82, 2.24) is 20.2 Å². The summed E-state index contributed by atoms with van der Waals surface area (Å²) in [5.74, 6) is 0. The average Bonchev–Trinajstić information content (AvgIpc) is 3.14. The topological polar surface area (TPSA) is 68.8 Å². The van der Waals surface area contributed by atoms with E-state index in [4.69, 9.17) is 4.42 Å². The van der Waals surface area contributed by atoms with E-state index >= 15 is 0 Å². The summed E-state index contributed by atoms with van der Waals surface area (Å²) in [6, 6.07) is 8.23. The number of aryl methyl sites for hydroxylation is 1. The van der Waals surface area contributed by atoms with Gasteiger partial charge in [0.1, 0.15) is 6.33 Å². The zero-order valence-electron chi connectivity index (χ0n) is 11.3. The summed E-state index contributed by atoms with van der Waals surface area (Å²) in [7, 11) is 0. The summed E-state index contributed by atoms with van der Waals surface area (Å²) in [4.78, 5) is 0. The third-order valence-electron chi connectivity index (χ3n) is 3.23. The molecule has 0 aliphatic carbocycles. The zero-order chi connectivity index (χ0) is 13.9. The minimum Gasteiger partial charge on any atom is -0.472 e. The third kappa shape index (κ3) is 2.40. The van der Waals surface area contributed by atoms with E-state index < -0.39 is 0 Å². The number of anilines is 1. The third-order valence-corrected chi connectivity index (χ3v) is 3.23. The van der Waals surface area contributed by atoms with Crippen molar-refractivity contribution >= 4 is 5.69 Å². The minimum absolute atomic E-state index is 0.165. The predicted molar refractivity (Wildman–Crippen MR) is 74.6 cm³/mol. The summed E-state index contributed by atoms with van der Waals surface area (Å²) in [5.41, 5.74) is 4.18. The fraction of sp³-hybridized carbons (Fsp3) is 0.214. The number of tetrazole rings is 1. The van der Waals surface area contributed by atoms with Gasteiger partial charge in [0, 0.05) is 11.3 Å². The largest absolute Gasteiger partial charge is 0.472 e. The Labute approximate surface area is 116 Å². The highest BCUT2D eigenvalue weighted by Gasteiger charge is 2.09. The number of hydrogen-bond donors (Lipinski definition) is 1. The van der Waals surface area contributed by atoms with Gasteiger partial charge in [-0.05, 0) is 48.0 Å². The standard InChI is InChI=1S/C14H15N5O/c1-10-3-4-13(7-14(10)19-9-15-17-18-19)16-11(2)12-5-6-20-8-12/h3-9,11,16H,1-2H3. The van der Waals surface area contributed by atoms with Crippen molar-refractivity contribution in [1.29, 1.82) is 0 Å². The molecule has 1 aromatic carbocycles. The molecule has 2 aromatic heterocycles. The summed E-state index contributed by atoms with van der Waals surface area (Å²) < 4.78 is 6.76. The first-order valence-corrected chi connectivity index (χ1v) is 6.36. The van der Waals surface area contributed by atoms with Crippen LogP contribution in [-0.2, 0) is 0 Å². The first kappa shape index (κ1) is 12.4. The van der Waals surface area contributed by atoms with Gasteiger partial charge in [0.05, 0.1) is 24.3 Å². The van der Waals surface area contributed by atoms with E-state index in [9.17, 15) is 0 Å². The molecule has 0 saturated heterocycles. The first-order valence-electron chi connectivity index (χ1n) is 6.36. The fourth-order valence-corrected chi connectivity index (χ4v) is 2.07. The van der Waals surface area contributed by atoms with E-state index in [0.29, 0.717) is 0 Å². The van der Waals surface area contributed by atoms with Gasteiger partial charge in [0.25, 0.3) is 0 Å². The number of aromatic nitrogens is 4.